The van der Waals surface area contributed by atoms with Gasteiger partial charge in [0, 0.05) is 106 Å². The van der Waals surface area contributed by atoms with Crippen LogP contribution in [0.15, 0.2) is 171 Å². The summed E-state index contributed by atoms with van der Waals surface area (Å²) >= 11 is 0. The van der Waals surface area contributed by atoms with Gasteiger partial charge >= 0.3 is 0 Å². The van der Waals surface area contributed by atoms with Crippen molar-refractivity contribution in [2.24, 2.45) is 0 Å². The maximum Gasteiger partial charge on any atom is 0.263 e. The van der Waals surface area contributed by atoms with Crippen LogP contribution in [-0.2, 0) is 0 Å². The highest BCUT2D eigenvalue weighted by atomic mass is 16.2. The van der Waals surface area contributed by atoms with E-state index in [-0.39, 0.29) is 23.6 Å². The Bertz CT molecular complexity index is 3830. The van der Waals surface area contributed by atoms with E-state index in [1.54, 1.807) is 49.3 Å². The summed E-state index contributed by atoms with van der Waals surface area (Å²) in [5.41, 5.74) is 12.0. The van der Waals surface area contributed by atoms with Gasteiger partial charge in [-0.05, 0) is 30.3 Å². The number of benzene rings is 6. The number of fused-ring (bicyclic) bond motifs is 8. The van der Waals surface area contributed by atoms with Crippen molar-refractivity contribution in [1.82, 2.24) is 48.8 Å². The van der Waals surface area contributed by atoms with Crippen molar-refractivity contribution >= 4 is 67.2 Å². The second kappa shape index (κ2) is 15.6. The Morgan fingerprint density at radius 1 is 0.338 bits per heavy atom. The highest BCUT2D eigenvalue weighted by Crippen LogP contribution is 2.44. The average Bonchev–Trinajstić information content (AvgIpc) is 4.06. The Morgan fingerprint density at radius 2 is 0.676 bits per heavy atom. The van der Waals surface area contributed by atoms with E-state index in [1.807, 2.05) is 78.9 Å². The summed E-state index contributed by atoms with van der Waals surface area (Å²) in [7, 11) is 3.03. The minimum atomic E-state index is -0.327. The maximum absolute atomic E-state index is 13.4. The number of hydrogen-bond donors (Lipinski definition) is 0. The molecule has 2 aliphatic heterocycles. The number of imide groups is 2. The first-order valence-corrected chi connectivity index (χ1v) is 21.6. The highest BCUT2D eigenvalue weighted by molar-refractivity contribution is 6.25. The van der Waals surface area contributed by atoms with Crippen LogP contribution in [0.2, 0.25) is 0 Å². The lowest BCUT2D eigenvalue weighted by molar-refractivity contribution is 0.0678. The monoisotopic (exact) mass is 886 g/mol. The van der Waals surface area contributed by atoms with Gasteiger partial charge in [0.25, 0.3) is 23.6 Å². The molecule has 68 heavy (non-hydrogen) atoms. The maximum atomic E-state index is 13.4. The van der Waals surface area contributed by atoms with E-state index in [0.717, 1.165) is 77.0 Å². The molecule has 4 amide bonds. The molecule has 0 atom stereocenters. The summed E-state index contributed by atoms with van der Waals surface area (Å²) in [6, 6.07) is 37.2. The number of hydrogen-bond acceptors (Lipinski definition) is 10. The fraction of sp³-hybridized carbons (Fsp3) is 0.0370. The third-order valence-corrected chi connectivity index (χ3v) is 12.8. The van der Waals surface area contributed by atoms with Gasteiger partial charge in [0.05, 0.1) is 55.7 Å². The van der Waals surface area contributed by atoms with E-state index in [4.69, 9.17) is 0 Å². The average molecular weight is 887 g/mol. The van der Waals surface area contributed by atoms with Crippen LogP contribution in [0.3, 0.4) is 0 Å². The van der Waals surface area contributed by atoms with Crippen LogP contribution in [0.4, 0.5) is 0 Å². The molecule has 0 saturated carbocycles. The van der Waals surface area contributed by atoms with Gasteiger partial charge in [0.15, 0.2) is 0 Å². The number of carbonyl (C=O) groups is 4. The zero-order valence-corrected chi connectivity index (χ0v) is 36.3. The summed E-state index contributed by atoms with van der Waals surface area (Å²) < 4.78 is 4.16. The molecular formula is C54H34N10O4. The Labute approximate surface area is 386 Å². The Balaban J connectivity index is 0.000000143. The zero-order chi connectivity index (χ0) is 46.2. The Kier molecular flexibility index (Phi) is 9.15. The van der Waals surface area contributed by atoms with Gasteiger partial charge in [-0.1, -0.05) is 84.9 Å². The number of aromatic nitrogens is 8. The SMILES string of the molecule is CN1C(=O)c2cccc(-n3c4c(-c5cncnc5)cccc4c4cccc(-c5cncnc5)c43)c2C1=O.CN1C(=O)c2cccc(-n3c4ccccc4c4cccc(-c5cncnc5)c43)c2C1=O. The molecule has 0 spiro atoms. The molecule has 324 valence electrons. The minimum Gasteiger partial charge on any atom is -0.308 e. The largest absolute Gasteiger partial charge is 0.308 e. The van der Waals surface area contributed by atoms with Crippen LogP contribution in [0.25, 0.3) is 88.4 Å². The topological polar surface area (TPSA) is 162 Å². The first kappa shape index (κ1) is 40.0. The van der Waals surface area contributed by atoms with Crippen LogP contribution in [0.5, 0.6) is 0 Å². The van der Waals surface area contributed by atoms with Gasteiger partial charge in [-0.25, -0.2) is 29.9 Å². The smallest absolute Gasteiger partial charge is 0.263 e. The lowest BCUT2D eigenvalue weighted by Crippen LogP contribution is -2.24. The summed E-state index contributed by atoms with van der Waals surface area (Å²) in [6.07, 6.45) is 15.1. The number of nitrogens with zero attached hydrogens (tertiary/aromatic N) is 10. The normalized spacial score (nSPS) is 13.2. The summed E-state index contributed by atoms with van der Waals surface area (Å²) in [6.45, 7) is 0. The fourth-order valence-electron chi connectivity index (χ4n) is 9.78. The zero-order valence-electron chi connectivity index (χ0n) is 36.3. The second-order valence-corrected chi connectivity index (χ2v) is 16.4. The van der Waals surface area contributed by atoms with Gasteiger partial charge in [-0.15, -0.1) is 0 Å². The lowest BCUT2D eigenvalue weighted by Gasteiger charge is -2.15. The molecule has 2 aliphatic rings. The first-order chi connectivity index (χ1) is 33.3. The van der Waals surface area contributed by atoms with E-state index in [0.29, 0.717) is 33.6 Å². The third-order valence-electron chi connectivity index (χ3n) is 12.8. The van der Waals surface area contributed by atoms with Gasteiger partial charge in [0.2, 0.25) is 0 Å². The Hall–Kier alpha value is -9.56. The van der Waals surface area contributed by atoms with Crippen molar-refractivity contribution in [1.29, 1.82) is 0 Å². The molecule has 0 fully saturated rings. The third kappa shape index (κ3) is 5.90. The molecule has 0 bridgehead atoms. The molecule has 14 nitrogen and oxygen atoms in total. The van der Waals surface area contributed by atoms with Crippen molar-refractivity contribution in [2.45, 2.75) is 0 Å². The summed E-state index contributed by atoms with van der Waals surface area (Å²) in [4.78, 5) is 79.6. The number of rotatable bonds is 5. The molecule has 0 unspecified atom stereocenters. The lowest BCUT2D eigenvalue weighted by atomic mass is 10.0. The van der Waals surface area contributed by atoms with E-state index >= 15 is 0 Å². The summed E-state index contributed by atoms with van der Waals surface area (Å²) in [5, 5.41) is 4.12. The number of carbonyl (C=O) groups excluding carboxylic acids is 4. The van der Waals surface area contributed by atoms with Gasteiger partial charge < -0.3 is 9.13 Å². The van der Waals surface area contributed by atoms with Crippen LogP contribution in [0, 0.1) is 0 Å². The Morgan fingerprint density at radius 3 is 1.12 bits per heavy atom. The van der Waals surface area contributed by atoms with Crippen LogP contribution in [0.1, 0.15) is 41.4 Å². The molecular weight excluding hydrogens is 853 g/mol. The molecule has 11 aromatic rings. The quantitative estimate of drug-likeness (QED) is 0.152. The van der Waals surface area contributed by atoms with Crippen molar-refractivity contribution in [3.63, 3.8) is 0 Å². The second-order valence-electron chi connectivity index (χ2n) is 16.4. The molecule has 0 radical (unpaired) electrons. The molecule has 0 saturated heterocycles. The van der Waals surface area contributed by atoms with Crippen molar-refractivity contribution in [3.05, 3.63) is 194 Å². The van der Waals surface area contributed by atoms with Crippen molar-refractivity contribution < 1.29 is 19.2 Å². The molecule has 5 aromatic heterocycles. The van der Waals surface area contributed by atoms with Gasteiger partial charge in [-0.3, -0.25) is 29.0 Å². The molecule has 6 aromatic carbocycles. The molecule has 0 aliphatic carbocycles. The standard InChI is InChI=1S/C29H18N6O2.C25H16N4O2/c1-34-28(36)23-9-4-10-24(25(23)29(34)37)35-26-19(17-11-30-15-31-12-17)5-2-7-21(26)22-8-3-6-20(27(22)35)18-13-32-16-33-14-18;1-28-24(30)19-9-5-11-21(22(19)25(28)31)29-20-10-3-2-6-17(20)18-8-4-7-16(23(18)29)15-12-26-14-27-13-15/h2-16H,1H3;2-14H,1H3. The molecule has 14 heteroatoms. The van der Waals surface area contributed by atoms with Crippen LogP contribution in [-0.4, -0.2) is 86.6 Å². The predicted molar refractivity (Wildman–Crippen MR) is 257 cm³/mol. The van der Waals surface area contributed by atoms with Crippen molar-refractivity contribution in [3.8, 4) is 44.8 Å². The molecule has 13 rings (SSSR count). The number of amides is 4. The minimum absolute atomic E-state index is 0.278. The van der Waals surface area contributed by atoms with Crippen molar-refractivity contribution in [2.75, 3.05) is 14.1 Å². The summed E-state index contributed by atoms with van der Waals surface area (Å²) in [5.74, 6) is -1.20. The van der Waals surface area contributed by atoms with Gasteiger partial charge in [0.1, 0.15) is 19.0 Å². The van der Waals surface area contributed by atoms with E-state index in [1.165, 1.54) is 42.9 Å². The van der Waals surface area contributed by atoms with Crippen LogP contribution >= 0.6 is 0 Å². The van der Waals surface area contributed by atoms with E-state index in [9.17, 15) is 19.2 Å². The molecule has 0 N–H and O–H groups in total. The highest BCUT2D eigenvalue weighted by Gasteiger charge is 2.37. The molecule has 7 heterocycles. The van der Waals surface area contributed by atoms with Gasteiger partial charge in [-0.2, -0.15) is 0 Å². The van der Waals surface area contributed by atoms with Crippen LogP contribution < -0.4 is 0 Å². The van der Waals surface area contributed by atoms with E-state index < -0.39 is 0 Å². The first-order valence-electron chi connectivity index (χ1n) is 21.6. The number of para-hydroxylation sites is 4. The van der Waals surface area contributed by atoms with E-state index in [2.05, 4.69) is 63.3 Å². The fourth-order valence-corrected chi connectivity index (χ4v) is 9.78. The predicted octanol–water partition coefficient (Wildman–Crippen LogP) is 9.39.